The second-order valence-electron chi connectivity index (χ2n) is 3.91. The van der Waals surface area contributed by atoms with Gasteiger partial charge in [-0.15, -0.1) is 11.3 Å². The van der Waals surface area contributed by atoms with Crippen LogP contribution in [0.5, 0.6) is 0 Å². The number of nitrogens with zero attached hydrogens (tertiary/aromatic N) is 1. The molecule has 1 amide bonds. The highest BCUT2D eigenvalue weighted by molar-refractivity contribution is 7.14. The summed E-state index contributed by atoms with van der Waals surface area (Å²) in [4.78, 5) is 16.0. The average molecular weight is 261 g/mol. The minimum Gasteiger partial charge on any atom is -0.320 e. The number of aromatic nitrogens is 1. The molecule has 0 aliphatic heterocycles. The number of nitrogens with one attached hydrogen (secondary N) is 1. The molecule has 1 unspecified atom stereocenters. The Morgan fingerprint density at radius 1 is 1.44 bits per heavy atom. The van der Waals surface area contributed by atoms with Crippen LogP contribution in [0.2, 0.25) is 0 Å². The summed E-state index contributed by atoms with van der Waals surface area (Å²) in [5.74, 6) is -0.188. The summed E-state index contributed by atoms with van der Waals surface area (Å²) in [7, 11) is 0. The molecule has 2 rings (SSSR count). The number of carbonyl (C=O) groups excluding carboxylic acids is 1. The molecule has 5 heteroatoms. The number of thiazole rings is 1. The largest absolute Gasteiger partial charge is 0.320 e. The highest BCUT2D eigenvalue weighted by Crippen LogP contribution is 2.24. The third-order valence-electron chi connectivity index (χ3n) is 2.58. The first kappa shape index (κ1) is 12.7. The zero-order chi connectivity index (χ0) is 13.0. The summed E-state index contributed by atoms with van der Waals surface area (Å²) in [5.41, 5.74) is 7.55. The molecule has 0 saturated carbocycles. The Bertz CT molecular complexity index is 524. The van der Waals surface area contributed by atoms with Gasteiger partial charge in [0.2, 0.25) is 5.91 Å². The number of rotatable bonds is 4. The van der Waals surface area contributed by atoms with E-state index in [1.165, 1.54) is 11.3 Å². The molecule has 18 heavy (non-hydrogen) atoms. The van der Waals surface area contributed by atoms with Crippen LogP contribution in [-0.2, 0) is 4.79 Å². The van der Waals surface area contributed by atoms with E-state index in [1.54, 1.807) is 0 Å². The molecule has 0 bridgehead atoms. The summed E-state index contributed by atoms with van der Waals surface area (Å²) in [6.07, 6.45) is 0.614. The smallest absolute Gasteiger partial charge is 0.243 e. The molecule has 2 aromatic rings. The topological polar surface area (TPSA) is 68.0 Å². The van der Waals surface area contributed by atoms with Crippen molar-refractivity contribution in [3.63, 3.8) is 0 Å². The van der Waals surface area contributed by atoms with Gasteiger partial charge in [-0.05, 0) is 6.42 Å². The van der Waals surface area contributed by atoms with Crippen LogP contribution in [0.25, 0.3) is 11.3 Å². The van der Waals surface area contributed by atoms with Crippen molar-refractivity contribution < 1.29 is 4.79 Å². The van der Waals surface area contributed by atoms with Gasteiger partial charge < -0.3 is 11.1 Å². The molecule has 0 fully saturated rings. The molecule has 0 radical (unpaired) electrons. The van der Waals surface area contributed by atoms with E-state index in [2.05, 4.69) is 10.3 Å². The number of hydrogen-bond donors (Lipinski definition) is 2. The highest BCUT2D eigenvalue weighted by atomic mass is 32.1. The Morgan fingerprint density at radius 3 is 2.83 bits per heavy atom. The van der Waals surface area contributed by atoms with Crippen molar-refractivity contribution in [1.82, 2.24) is 4.98 Å². The normalized spacial score (nSPS) is 12.1. The van der Waals surface area contributed by atoms with Gasteiger partial charge in [0.25, 0.3) is 0 Å². The molecule has 3 N–H and O–H groups in total. The second kappa shape index (κ2) is 5.75. The lowest BCUT2D eigenvalue weighted by Crippen LogP contribution is -2.34. The van der Waals surface area contributed by atoms with Gasteiger partial charge in [0.1, 0.15) is 0 Å². The van der Waals surface area contributed by atoms with Gasteiger partial charge in [0.05, 0.1) is 11.7 Å². The highest BCUT2D eigenvalue weighted by Gasteiger charge is 2.13. The lowest BCUT2D eigenvalue weighted by atomic mass is 10.2. The van der Waals surface area contributed by atoms with Crippen LogP contribution in [-0.4, -0.2) is 16.9 Å². The van der Waals surface area contributed by atoms with E-state index in [1.807, 2.05) is 42.6 Å². The van der Waals surface area contributed by atoms with Gasteiger partial charge in [0, 0.05) is 10.9 Å². The Morgan fingerprint density at radius 2 is 2.17 bits per heavy atom. The maximum Gasteiger partial charge on any atom is 0.243 e. The fourth-order valence-corrected chi connectivity index (χ4v) is 2.18. The van der Waals surface area contributed by atoms with Crippen LogP contribution in [0.4, 0.5) is 5.13 Å². The molecule has 1 heterocycles. The fourth-order valence-electron chi connectivity index (χ4n) is 1.46. The van der Waals surface area contributed by atoms with Crippen molar-refractivity contribution in [2.24, 2.45) is 5.73 Å². The van der Waals surface area contributed by atoms with Crippen LogP contribution >= 0.6 is 11.3 Å². The quantitative estimate of drug-likeness (QED) is 0.888. The summed E-state index contributed by atoms with van der Waals surface area (Å²) in [6, 6.07) is 9.37. The van der Waals surface area contributed by atoms with Gasteiger partial charge in [-0.3, -0.25) is 4.79 Å². The first-order chi connectivity index (χ1) is 8.70. The predicted molar refractivity (Wildman–Crippen MR) is 74.4 cm³/mol. The SMILES string of the molecule is CCC(N)C(=O)Nc1nc(-c2ccccc2)cs1. The number of anilines is 1. The van der Waals surface area contributed by atoms with Crippen molar-refractivity contribution in [1.29, 1.82) is 0 Å². The van der Waals surface area contributed by atoms with Gasteiger partial charge in [0.15, 0.2) is 5.13 Å². The van der Waals surface area contributed by atoms with E-state index < -0.39 is 6.04 Å². The Hall–Kier alpha value is -1.72. The molecule has 0 aliphatic rings. The van der Waals surface area contributed by atoms with Gasteiger partial charge in [-0.2, -0.15) is 0 Å². The molecule has 0 saturated heterocycles. The number of carbonyl (C=O) groups is 1. The minimum absolute atomic E-state index is 0.188. The predicted octanol–water partition coefficient (Wildman–Crippen LogP) is 2.49. The first-order valence-electron chi connectivity index (χ1n) is 5.78. The van der Waals surface area contributed by atoms with Crippen LogP contribution in [0.1, 0.15) is 13.3 Å². The first-order valence-corrected chi connectivity index (χ1v) is 6.66. The molecule has 0 spiro atoms. The summed E-state index contributed by atoms with van der Waals surface area (Å²) in [5, 5.41) is 5.23. The Kier molecular flexibility index (Phi) is 4.07. The van der Waals surface area contributed by atoms with Crippen LogP contribution in [0.3, 0.4) is 0 Å². The van der Waals surface area contributed by atoms with Crippen LogP contribution in [0.15, 0.2) is 35.7 Å². The van der Waals surface area contributed by atoms with Crippen molar-refractivity contribution in [2.45, 2.75) is 19.4 Å². The van der Waals surface area contributed by atoms with Crippen molar-refractivity contribution >= 4 is 22.4 Å². The Balaban J connectivity index is 2.10. The molecule has 1 aromatic carbocycles. The molecule has 1 aromatic heterocycles. The number of hydrogen-bond acceptors (Lipinski definition) is 4. The summed E-state index contributed by atoms with van der Waals surface area (Å²) >= 11 is 1.40. The molecular formula is C13H15N3OS. The Labute approximate surface area is 110 Å². The number of amides is 1. The van der Waals surface area contributed by atoms with Crippen LogP contribution < -0.4 is 11.1 Å². The fraction of sp³-hybridized carbons (Fsp3) is 0.231. The van der Waals surface area contributed by atoms with E-state index in [0.29, 0.717) is 11.6 Å². The number of benzene rings is 1. The average Bonchev–Trinajstić information content (AvgIpc) is 2.87. The maximum absolute atomic E-state index is 11.6. The van der Waals surface area contributed by atoms with Gasteiger partial charge in [-0.25, -0.2) is 4.98 Å². The van der Waals surface area contributed by atoms with E-state index in [4.69, 9.17) is 5.73 Å². The zero-order valence-electron chi connectivity index (χ0n) is 10.1. The molecule has 4 nitrogen and oxygen atoms in total. The summed E-state index contributed by atoms with van der Waals surface area (Å²) in [6.45, 7) is 1.88. The van der Waals surface area contributed by atoms with Crippen LogP contribution in [0, 0.1) is 0 Å². The van der Waals surface area contributed by atoms with E-state index in [9.17, 15) is 4.79 Å². The third-order valence-corrected chi connectivity index (χ3v) is 3.34. The van der Waals surface area contributed by atoms with Crippen molar-refractivity contribution in [3.8, 4) is 11.3 Å². The molecule has 0 aliphatic carbocycles. The summed E-state index contributed by atoms with van der Waals surface area (Å²) < 4.78 is 0. The maximum atomic E-state index is 11.6. The number of nitrogens with two attached hydrogens (primary N) is 1. The standard InChI is InChI=1S/C13H15N3OS/c1-2-10(14)12(17)16-13-15-11(8-18-13)9-6-4-3-5-7-9/h3-8,10H,2,14H2,1H3,(H,15,16,17). The van der Waals surface area contributed by atoms with Gasteiger partial charge in [-0.1, -0.05) is 37.3 Å². The lowest BCUT2D eigenvalue weighted by molar-refractivity contribution is -0.117. The van der Waals surface area contributed by atoms with E-state index >= 15 is 0 Å². The second-order valence-corrected chi connectivity index (χ2v) is 4.77. The zero-order valence-corrected chi connectivity index (χ0v) is 10.9. The monoisotopic (exact) mass is 261 g/mol. The molecule has 1 atom stereocenters. The molecule has 94 valence electrons. The van der Waals surface area contributed by atoms with Crippen molar-refractivity contribution in [3.05, 3.63) is 35.7 Å². The van der Waals surface area contributed by atoms with Gasteiger partial charge >= 0.3 is 0 Å². The van der Waals surface area contributed by atoms with E-state index in [0.717, 1.165) is 11.3 Å². The third kappa shape index (κ3) is 2.94. The lowest BCUT2D eigenvalue weighted by Gasteiger charge is -2.06. The van der Waals surface area contributed by atoms with E-state index in [-0.39, 0.29) is 5.91 Å². The molecular weight excluding hydrogens is 246 g/mol. The minimum atomic E-state index is -0.478. The van der Waals surface area contributed by atoms with Crippen molar-refractivity contribution in [2.75, 3.05) is 5.32 Å².